The van der Waals surface area contributed by atoms with Gasteiger partial charge in [0.15, 0.2) is 0 Å². The van der Waals surface area contributed by atoms with E-state index in [0.29, 0.717) is 13.1 Å². The van der Waals surface area contributed by atoms with Crippen LogP contribution < -0.4 is 15.4 Å². The first-order chi connectivity index (χ1) is 10.2. The molecule has 1 aromatic rings. The number of hydrogen-bond acceptors (Lipinski definition) is 4. The van der Waals surface area contributed by atoms with E-state index >= 15 is 0 Å². The summed E-state index contributed by atoms with van der Waals surface area (Å²) in [6.45, 7) is 5.10. The van der Waals surface area contributed by atoms with Gasteiger partial charge in [0.2, 0.25) is 5.91 Å². The van der Waals surface area contributed by atoms with Crippen LogP contribution in [0.3, 0.4) is 0 Å². The number of benzene rings is 1. The third kappa shape index (κ3) is 3.67. The smallest absolute Gasteiger partial charge is 0.239 e. The Kier molecular flexibility index (Phi) is 5.44. The lowest BCUT2D eigenvalue weighted by Gasteiger charge is -2.37. The van der Waals surface area contributed by atoms with Crippen molar-refractivity contribution in [2.45, 2.75) is 25.8 Å². The van der Waals surface area contributed by atoms with Gasteiger partial charge in [0.25, 0.3) is 0 Å². The van der Waals surface area contributed by atoms with Crippen LogP contribution in [0.1, 0.15) is 19.8 Å². The molecule has 116 valence electrons. The largest absolute Gasteiger partial charge is 0.495 e. The fourth-order valence-corrected chi connectivity index (χ4v) is 2.73. The number of hydrogen-bond donors (Lipinski definition) is 1. The predicted molar refractivity (Wildman–Crippen MR) is 84.7 cm³/mol. The van der Waals surface area contributed by atoms with Crippen molar-refractivity contribution >= 4 is 11.6 Å². The van der Waals surface area contributed by atoms with E-state index < -0.39 is 0 Å². The highest BCUT2D eigenvalue weighted by molar-refractivity contribution is 5.82. The molecule has 2 rings (SSSR count). The lowest BCUT2D eigenvalue weighted by Crippen LogP contribution is -2.53. The van der Waals surface area contributed by atoms with Crippen molar-refractivity contribution in [1.29, 1.82) is 0 Å². The predicted octanol–water partition coefficient (Wildman–Crippen LogP) is 1.47. The van der Waals surface area contributed by atoms with Gasteiger partial charge in [-0.2, -0.15) is 0 Å². The van der Waals surface area contributed by atoms with Gasteiger partial charge in [-0.25, -0.2) is 0 Å². The number of ether oxygens (including phenoxy) is 1. The highest BCUT2D eigenvalue weighted by Gasteiger charge is 2.25. The third-order valence-corrected chi connectivity index (χ3v) is 3.93. The van der Waals surface area contributed by atoms with Gasteiger partial charge in [0, 0.05) is 26.2 Å². The maximum atomic E-state index is 12.2. The molecule has 0 saturated carbocycles. The number of amides is 1. The van der Waals surface area contributed by atoms with Crippen molar-refractivity contribution in [3.05, 3.63) is 24.3 Å². The van der Waals surface area contributed by atoms with Gasteiger partial charge in [0.05, 0.1) is 18.8 Å². The fraction of sp³-hybridized carbons (Fsp3) is 0.562. The SMILES string of the molecule is CCCC(N)C(=O)N1CCN(c2ccccc2OC)CC1. The molecule has 0 aliphatic carbocycles. The molecule has 1 aromatic carbocycles. The standard InChI is InChI=1S/C16H25N3O2/c1-3-6-13(17)16(20)19-11-9-18(10-12-19)14-7-4-5-8-15(14)21-2/h4-5,7-8,13H,3,6,9-12,17H2,1-2H3. The maximum absolute atomic E-state index is 12.2. The van der Waals surface area contributed by atoms with Crippen molar-refractivity contribution in [2.75, 3.05) is 38.2 Å². The number of anilines is 1. The lowest BCUT2D eigenvalue weighted by molar-refractivity contribution is -0.133. The first kappa shape index (κ1) is 15.6. The molecular formula is C16H25N3O2. The molecule has 1 heterocycles. The molecule has 1 atom stereocenters. The van der Waals surface area contributed by atoms with Crippen molar-refractivity contribution in [2.24, 2.45) is 5.73 Å². The number of carbonyl (C=O) groups is 1. The summed E-state index contributed by atoms with van der Waals surface area (Å²) >= 11 is 0. The van der Waals surface area contributed by atoms with Gasteiger partial charge < -0.3 is 20.3 Å². The minimum absolute atomic E-state index is 0.0801. The van der Waals surface area contributed by atoms with Crippen LogP contribution in [0.25, 0.3) is 0 Å². The molecule has 0 bridgehead atoms. The Hall–Kier alpha value is -1.75. The highest BCUT2D eigenvalue weighted by atomic mass is 16.5. The van der Waals surface area contributed by atoms with Gasteiger partial charge in [-0.1, -0.05) is 25.5 Å². The topological polar surface area (TPSA) is 58.8 Å². The van der Waals surface area contributed by atoms with Crippen LogP contribution in [0.15, 0.2) is 24.3 Å². The van der Waals surface area contributed by atoms with Crippen molar-refractivity contribution in [1.82, 2.24) is 4.90 Å². The molecule has 21 heavy (non-hydrogen) atoms. The number of rotatable bonds is 5. The average molecular weight is 291 g/mol. The Morgan fingerprint density at radius 2 is 1.95 bits per heavy atom. The minimum Gasteiger partial charge on any atom is -0.495 e. The second-order valence-electron chi connectivity index (χ2n) is 5.38. The van der Waals surface area contributed by atoms with E-state index in [1.54, 1.807) is 7.11 Å². The fourth-order valence-electron chi connectivity index (χ4n) is 2.73. The number of nitrogens with zero attached hydrogens (tertiary/aromatic N) is 2. The summed E-state index contributed by atoms with van der Waals surface area (Å²) in [5.41, 5.74) is 7.01. The van der Waals surface area contributed by atoms with E-state index in [1.807, 2.05) is 30.0 Å². The Labute approximate surface area is 126 Å². The number of piperazine rings is 1. The molecular weight excluding hydrogens is 266 g/mol. The van der Waals surface area contributed by atoms with Gasteiger partial charge in [0.1, 0.15) is 5.75 Å². The molecule has 1 amide bonds. The van der Waals surface area contributed by atoms with Gasteiger partial charge in [-0.15, -0.1) is 0 Å². The number of carbonyl (C=O) groups excluding carboxylic acids is 1. The van der Waals surface area contributed by atoms with Crippen LogP contribution in [0, 0.1) is 0 Å². The quantitative estimate of drug-likeness (QED) is 0.892. The highest BCUT2D eigenvalue weighted by Crippen LogP contribution is 2.28. The molecule has 1 aliphatic heterocycles. The first-order valence-corrected chi connectivity index (χ1v) is 7.59. The first-order valence-electron chi connectivity index (χ1n) is 7.59. The van der Waals surface area contributed by atoms with E-state index in [0.717, 1.165) is 37.4 Å². The summed E-state index contributed by atoms with van der Waals surface area (Å²) in [7, 11) is 1.68. The van der Waals surface area contributed by atoms with Crippen LogP contribution in [0.2, 0.25) is 0 Å². The monoisotopic (exact) mass is 291 g/mol. The van der Waals surface area contributed by atoms with Crippen LogP contribution in [0.4, 0.5) is 5.69 Å². The minimum atomic E-state index is -0.354. The van der Waals surface area contributed by atoms with Gasteiger partial charge >= 0.3 is 0 Å². The normalized spacial score (nSPS) is 16.7. The Bertz CT molecular complexity index is 470. The van der Waals surface area contributed by atoms with Gasteiger partial charge in [-0.05, 0) is 18.6 Å². The molecule has 2 N–H and O–H groups in total. The zero-order chi connectivity index (χ0) is 15.2. The van der Waals surface area contributed by atoms with E-state index in [9.17, 15) is 4.79 Å². The summed E-state index contributed by atoms with van der Waals surface area (Å²) in [5, 5.41) is 0. The molecule has 0 spiro atoms. The number of methoxy groups -OCH3 is 1. The second-order valence-corrected chi connectivity index (χ2v) is 5.38. The summed E-state index contributed by atoms with van der Waals surface area (Å²) in [6.07, 6.45) is 1.69. The second kappa shape index (κ2) is 7.31. The summed E-state index contributed by atoms with van der Waals surface area (Å²) in [5.74, 6) is 0.955. The van der Waals surface area contributed by atoms with E-state index in [2.05, 4.69) is 11.0 Å². The molecule has 0 radical (unpaired) electrons. The molecule has 5 heteroatoms. The maximum Gasteiger partial charge on any atom is 0.239 e. The number of nitrogens with two attached hydrogens (primary N) is 1. The van der Waals surface area contributed by atoms with Crippen molar-refractivity contribution in [3.63, 3.8) is 0 Å². The zero-order valence-corrected chi connectivity index (χ0v) is 12.9. The third-order valence-electron chi connectivity index (χ3n) is 3.93. The molecule has 5 nitrogen and oxygen atoms in total. The Morgan fingerprint density at radius 3 is 2.57 bits per heavy atom. The van der Waals surface area contributed by atoms with E-state index in [-0.39, 0.29) is 11.9 Å². The summed E-state index contributed by atoms with van der Waals surface area (Å²) < 4.78 is 5.40. The van der Waals surface area contributed by atoms with Crippen molar-refractivity contribution in [3.8, 4) is 5.75 Å². The Morgan fingerprint density at radius 1 is 1.29 bits per heavy atom. The molecule has 1 unspecified atom stereocenters. The molecule has 1 fully saturated rings. The molecule has 0 aromatic heterocycles. The van der Waals surface area contributed by atoms with Crippen LogP contribution in [-0.4, -0.2) is 50.1 Å². The lowest BCUT2D eigenvalue weighted by atomic mass is 10.1. The number of para-hydroxylation sites is 2. The summed E-state index contributed by atoms with van der Waals surface area (Å²) in [4.78, 5) is 16.4. The van der Waals surface area contributed by atoms with E-state index in [1.165, 1.54) is 0 Å². The summed E-state index contributed by atoms with van der Waals surface area (Å²) in [6, 6.07) is 7.63. The molecule has 1 aliphatic rings. The average Bonchev–Trinajstić information content (AvgIpc) is 2.54. The van der Waals surface area contributed by atoms with Crippen LogP contribution >= 0.6 is 0 Å². The Balaban J connectivity index is 1.95. The van der Waals surface area contributed by atoms with Crippen molar-refractivity contribution < 1.29 is 9.53 Å². The zero-order valence-electron chi connectivity index (χ0n) is 12.9. The van der Waals surface area contributed by atoms with E-state index in [4.69, 9.17) is 10.5 Å². The van der Waals surface area contributed by atoms with Gasteiger partial charge in [-0.3, -0.25) is 4.79 Å². The van der Waals surface area contributed by atoms with Crippen LogP contribution in [0.5, 0.6) is 5.75 Å². The van der Waals surface area contributed by atoms with Crippen LogP contribution in [-0.2, 0) is 4.79 Å². The molecule has 1 saturated heterocycles.